The van der Waals surface area contributed by atoms with Crippen LogP contribution in [0.2, 0.25) is 5.02 Å². The Morgan fingerprint density at radius 3 is 2.82 bits per heavy atom. The average Bonchev–Trinajstić information content (AvgIpc) is 2.52. The molecule has 0 bridgehead atoms. The molecule has 0 saturated carbocycles. The van der Waals surface area contributed by atoms with Gasteiger partial charge in [-0.25, -0.2) is 4.79 Å². The third-order valence-corrected chi connectivity index (χ3v) is 5.25. The van der Waals surface area contributed by atoms with Crippen molar-refractivity contribution >= 4 is 52.5 Å². The van der Waals surface area contributed by atoms with E-state index in [1.54, 1.807) is 28.4 Å². The van der Waals surface area contributed by atoms with Crippen molar-refractivity contribution in [1.29, 1.82) is 0 Å². The molecule has 1 aliphatic rings. The molecular weight excluding hydrogens is 336 g/mol. The lowest BCUT2D eigenvalue weighted by molar-refractivity contribution is 0.249. The van der Waals surface area contributed by atoms with Crippen molar-refractivity contribution in [3.63, 3.8) is 0 Å². The highest BCUT2D eigenvalue weighted by Crippen LogP contribution is 2.48. The number of carbonyl (C=O) groups is 1. The molecule has 0 spiro atoms. The molecule has 0 aromatic heterocycles. The number of nitrogens with one attached hydrogen (secondary N) is 1. The Morgan fingerprint density at radius 1 is 1.23 bits per heavy atom. The first kappa shape index (κ1) is 15.6. The molecular formula is C16H15ClN2OS2. The molecule has 3 nitrogen and oxygen atoms in total. The fraction of sp³-hybridized carbons (Fsp3) is 0.188. The van der Waals surface area contributed by atoms with Crippen molar-refractivity contribution in [1.82, 2.24) is 5.32 Å². The van der Waals surface area contributed by atoms with Gasteiger partial charge in [0.25, 0.3) is 0 Å². The normalized spacial score (nSPS) is 12.5. The van der Waals surface area contributed by atoms with Crippen LogP contribution in [0.3, 0.4) is 0 Å². The van der Waals surface area contributed by atoms with Crippen molar-refractivity contribution in [3.8, 4) is 0 Å². The predicted octanol–water partition coefficient (Wildman–Crippen LogP) is 5.02. The van der Waals surface area contributed by atoms with Gasteiger partial charge in [0.2, 0.25) is 0 Å². The Balaban J connectivity index is 2.00. The van der Waals surface area contributed by atoms with Gasteiger partial charge in [0, 0.05) is 27.1 Å². The van der Waals surface area contributed by atoms with Crippen molar-refractivity contribution in [2.75, 3.05) is 23.5 Å². The van der Waals surface area contributed by atoms with Crippen LogP contribution in [-0.4, -0.2) is 24.6 Å². The summed E-state index contributed by atoms with van der Waals surface area (Å²) in [5, 5.41) is 3.59. The van der Waals surface area contributed by atoms with Crippen molar-refractivity contribution in [3.05, 3.63) is 47.5 Å². The Hall–Kier alpha value is -1.30. The van der Waals surface area contributed by atoms with Gasteiger partial charge in [-0.3, -0.25) is 4.90 Å². The molecule has 2 aromatic carbocycles. The molecule has 114 valence electrons. The fourth-order valence-electron chi connectivity index (χ4n) is 2.29. The molecule has 0 radical (unpaired) electrons. The Labute approximate surface area is 143 Å². The van der Waals surface area contributed by atoms with Gasteiger partial charge < -0.3 is 5.32 Å². The SMILES string of the molecule is CSCCNC(=O)N1c2ccccc2Sc2ccc(Cl)cc21. The Morgan fingerprint density at radius 2 is 2.00 bits per heavy atom. The van der Waals surface area contributed by atoms with Crippen LogP contribution in [-0.2, 0) is 0 Å². The van der Waals surface area contributed by atoms with Gasteiger partial charge in [0.15, 0.2) is 0 Å². The molecule has 0 atom stereocenters. The monoisotopic (exact) mass is 350 g/mol. The van der Waals surface area contributed by atoms with E-state index in [4.69, 9.17) is 11.6 Å². The number of benzene rings is 2. The van der Waals surface area contributed by atoms with Gasteiger partial charge in [-0.2, -0.15) is 11.8 Å². The summed E-state index contributed by atoms with van der Waals surface area (Å²) in [5.41, 5.74) is 1.72. The van der Waals surface area contributed by atoms with Crippen LogP contribution >= 0.6 is 35.1 Å². The van der Waals surface area contributed by atoms with E-state index < -0.39 is 0 Å². The standard InChI is InChI=1S/C16H15ClN2OS2/c1-21-9-8-18-16(20)19-12-4-2-3-5-14(12)22-15-7-6-11(17)10-13(15)19/h2-7,10H,8-9H2,1H3,(H,18,20). The van der Waals surface area contributed by atoms with Gasteiger partial charge in [0.05, 0.1) is 11.4 Å². The van der Waals surface area contributed by atoms with E-state index in [2.05, 4.69) is 5.32 Å². The molecule has 1 aliphatic heterocycles. The quantitative estimate of drug-likeness (QED) is 0.789. The number of rotatable bonds is 3. The highest BCUT2D eigenvalue weighted by molar-refractivity contribution is 7.99. The number of para-hydroxylation sites is 1. The minimum absolute atomic E-state index is 0.120. The van der Waals surface area contributed by atoms with Crippen LogP contribution in [0.4, 0.5) is 16.2 Å². The van der Waals surface area contributed by atoms with Crippen molar-refractivity contribution in [2.24, 2.45) is 0 Å². The van der Waals surface area contributed by atoms with E-state index in [9.17, 15) is 4.79 Å². The van der Waals surface area contributed by atoms with E-state index in [1.807, 2.05) is 48.7 Å². The van der Waals surface area contributed by atoms with E-state index >= 15 is 0 Å². The number of amides is 2. The molecule has 2 aromatic rings. The first-order valence-electron chi connectivity index (χ1n) is 6.84. The first-order valence-corrected chi connectivity index (χ1v) is 9.43. The Bertz CT molecular complexity index is 708. The smallest absolute Gasteiger partial charge is 0.326 e. The lowest BCUT2D eigenvalue weighted by Crippen LogP contribution is -2.39. The van der Waals surface area contributed by atoms with Crippen LogP contribution in [0.15, 0.2) is 52.3 Å². The number of halogens is 1. The van der Waals surface area contributed by atoms with E-state index in [0.29, 0.717) is 11.6 Å². The zero-order valence-corrected chi connectivity index (χ0v) is 14.4. The average molecular weight is 351 g/mol. The maximum Gasteiger partial charge on any atom is 0.326 e. The summed E-state index contributed by atoms with van der Waals surface area (Å²) in [6, 6.07) is 13.4. The largest absolute Gasteiger partial charge is 0.337 e. The van der Waals surface area contributed by atoms with Crippen LogP contribution in [0.1, 0.15) is 0 Å². The second-order valence-corrected chi connectivity index (χ2v) is 7.25. The summed E-state index contributed by atoms with van der Waals surface area (Å²) in [4.78, 5) is 16.5. The Kier molecular flexibility index (Phi) is 4.86. The molecule has 2 amide bonds. The van der Waals surface area contributed by atoms with E-state index in [-0.39, 0.29) is 6.03 Å². The highest BCUT2D eigenvalue weighted by Gasteiger charge is 2.28. The zero-order valence-electron chi connectivity index (χ0n) is 12.0. The lowest BCUT2D eigenvalue weighted by Gasteiger charge is -2.31. The van der Waals surface area contributed by atoms with Crippen LogP contribution < -0.4 is 10.2 Å². The zero-order chi connectivity index (χ0) is 15.5. The minimum atomic E-state index is -0.120. The number of hydrogen-bond acceptors (Lipinski definition) is 3. The van der Waals surface area contributed by atoms with Gasteiger partial charge in [-0.1, -0.05) is 35.5 Å². The lowest BCUT2D eigenvalue weighted by atomic mass is 10.2. The summed E-state index contributed by atoms with van der Waals surface area (Å²) in [7, 11) is 0. The van der Waals surface area contributed by atoms with Crippen molar-refractivity contribution < 1.29 is 4.79 Å². The third-order valence-electron chi connectivity index (χ3n) is 3.27. The second-order valence-electron chi connectivity index (χ2n) is 4.74. The van der Waals surface area contributed by atoms with Crippen LogP contribution in [0.5, 0.6) is 0 Å². The maximum absolute atomic E-state index is 12.7. The summed E-state index contributed by atoms with van der Waals surface area (Å²) < 4.78 is 0. The molecule has 1 heterocycles. The summed E-state index contributed by atoms with van der Waals surface area (Å²) in [6.07, 6.45) is 2.02. The second kappa shape index (κ2) is 6.86. The number of carbonyl (C=O) groups excluding carboxylic acids is 1. The third kappa shape index (κ3) is 3.07. The number of fused-ring (bicyclic) bond motifs is 2. The number of thioether (sulfide) groups is 1. The van der Waals surface area contributed by atoms with Crippen LogP contribution in [0.25, 0.3) is 0 Å². The van der Waals surface area contributed by atoms with Gasteiger partial charge in [-0.05, 0) is 36.6 Å². The van der Waals surface area contributed by atoms with Crippen molar-refractivity contribution in [2.45, 2.75) is 9.79 Å². The number of anilines is 2. The topological polar surface area (TPSA) is 32.3 Å². The first-order chi connectivity index (χ1) is 10.7. The maximum atomic E-state index is 12.7. The predicted molar refractivity (Wildman–Crippen MR) is 95.9 cm³/mol. The number of nitrogens with zero attached hydrogens (tertiary/aromatic N) is 1. The molecule has 6 heteroatoms. The highest BCUT2D eigenvalue weighted by atomic mass is 35.5. The number of urea groups is 1. The van der Waals surface area contributed by atoms with Crippen LogP contribution in [0, 0.1) is 0 Å². The van der Waals surface area contributed by atoms with E-state index in [1.165, 1.54) is 0 Å². The summed E-state index contributed by atoms with van der Waals surface area (Å²) in [5.74, 6) is 0.887. The fourth-order valence-corrected chi connectivity index (χ4v) is 3.80. The summed E-state index contributed by atoms with van der Waals surface area (Å²) >= 11 is 9.49. The molecule has 0 unspecified atom stereocenters. The molecule has 0 saturated heterocycles. The van der Waals surface area contributed by atoms with E-state index in [0.717, 1.165) is 26.9 Å². The molecule has 3 rings (SSSR count). The molecule has 0 aliphatic carbocycles. The van der Waals surface area contributed by atoms with Gasteiger partial charge >= 0.3 is 6.03 Å². The van der Waals surface area contributed by atoms with Gasteiger partial charge in [0.1, 0.15) is 0 Å². The minimum Gasteiger partial charge on any atom is -0.337 e. The van der Waals surface area contributed by atoms with Gasteiger partial charge in [-0.15, -0.1) is 0 Å². The molecule has 0 fully saturated rings. The number of hydrogen-bond donors (Lipinski definition) is 1. The molecule has 22 heavy (non-hydrogen) atoms. The summed E-state index contributed by atoms with van der Waals surface area (Å²) in [6.45, 7) is 0.641. The molecule has 1 N–H and O–H groups in total.